The molecule has 11 heteroatoms. The Morgan fingerprint density at radius 3 is 2.67 bits per heavy atom. The minimum atomic E-state index is -0.945. The van der Waals surface area contributed by atoms with Crippen molar-refractivity contribution < 1.29 is 33.2 Å². The number of carbonyl (C=O) groups is 3. The molecule has 11 nitrogen and oxygen atoms in total. The van der Waals surface area contributed by atoms with Crippen molar-refractivity contribution in [3.8, 4) is 0 Å². The monoisotopic (exact) mass is 415 g/mol. The molecule has 1 aliphatic rings. The summed E-state index contributed by atoms with van der Waals surface area (Å²) in [5, 5.41) is 15.9. The smallest absolute Gasteiger partial charge is 0.338 e. The van der Waals surface area contributed by atoms with Crippen molar-refractivity contribution in [2.75, 3.05) is 13.2 Å². The third kappa shape index (κ3) is 4.46. The summed E-state index contributed by atoms with van der Waals surface area (Å²) >= 11 is 0. The van der Waals surface area contributed by atoms with Crippen LogP contribution in [0.25, 0.3) is 0 Å². The number of carbonyl (C=O) groups excluding carboxylic acids is 3. The van der Waals surface area contributed by atoms with Crippen molar-refractivity contribution in [2.24, 2.45) is 0 Å². The molecular weight excluding hydrogens is 398 g/mol. The maximum atomic E-state index is 12.5. The van der Waals surface area contributed by atoms with Crippen LogP contribution in [0.4, 0.5) is 10.5 Å². The molecule has 0 aliphatic carbocycles. The number of rotatable bonds is 7. The molecule has 2 aromatic rings. The third-order valence-electron chi connectivity index (χ3n) is 4.12. The minimum absolute atomic E-state index is 0.0115. The summed E-state index contributed by atoms with van der Waals surface area (Å²) in [6, 6.07) is 6.58. The molecule has 2 N–H and O–H groups in total. The van der Waals surface area contributed by atoms with Crippen LogP contribution in [0.1, 0.15) is 29.1 Å². The van der Waals surface area contributed by atoms with Crippen LogP contribution in [-0.2, 0) is 14.3 Å². The molecule has 1 aliphatic heterocycles. The van der Waals surface area contributed by atoms with Gasteiger partial charge in [-0.3, -0.25) is 10.1 Å². The second-order valence-electron chi connectivity index (χ2n) is 6.04. The van der Waals surface area contributed by atoms with E-state index in [1.165, 1.54) is 24.5 Å². The van der Waals surface area contributed by atoms with E-state index in [0.29, 0.717) is 0 Å². The highest BCUT2D eigenvalue weighted by molar-refractivity contribution is 5.95. The van der Waals surface area contributed by atoms with Crippen LogP contribution >= 0.6 is 0 Å². The van der Waals surface area contributed by atoms with Crippen LogP contribution in [-0.4, -0.2) is 36.1 Å². The van der Waals surface area contributed by atoms with Gasteiger partial charge in [0.15, 0.2) is 0 Å². The lowest BCUT2D eigenvalue weighted by Crippen LogP contribution is -2.47. The summed E-state index contributed by atoms with van der Waals surface area (Å²) in [4.78, 5) is 47.2. The van der Waals surface area contributed by atoms with Crippen molar-refractivity contribution in [3.05, 3.63) is 75.4 Å². The van der Waals surface area contributed by atoms with Crippen LogP contribution in [0.2, 0.25) is 0 Å². The first-order valence-electron chi connectivity index (χ1n) is 8.83. The molecule has 0 saturated carbocycles. The summed E-state index contributed by atoms with van der Waals surface area (Å²) in [7, 11) is 0. The maximum absolute atomic E-state index is 12.5. The van der Waals surface area contributed by atoms with Gasteiger partial charge >= 0.3 is 18.0 Å². The van der Waals surface area contributed by atoms with Gasteiger partial charge in [0, 0.05) is 12.1 Å². The van der Waals surface area contributed by atoms with E-state index in [9.17, 15) is 24.5 Å². The van der Waals surface area contributed by atoms with Crippen molar-refractivity contribution in [1.29, 1.82) is 0 Å². The van der Waals surface area contributed by atoms with Gasteiger partial charge in [0.2, 0.25) is 0 Å². The average molecular weight is 415 g/mol. The molecule has 1 aromatic heterocycles. The number of nitro groups is 1. The number of urea groups is 1. The molecule has 156 valence electrons. The van der Waals surface area contributed by atoms with E-state index in [4.69, 9.17) is 13.9 Å². The summed E-state index contributed by atoms with van der Waals surface area (Å²) in [5.41, 5.74) is -0.301. The molecule has 0 fully saturated rings. The molecule has 1 unspecified atom stereocenters. The van der Waals surface area contributed by atoms with Crippen LogP contribution in [0, 0.1) is 10.1 Å². The van der Waals surface area contributed by atoms with Crippen LogP contribution in [0.15, 0.2) is 58.3 Å². The average Bonchev–Trinajstić information content (AvgIpc) is 3.26. The highest BCUT2D eigenvalue weighted by atomic mass is 16.6. The number of benzene rings is 1. The number of esters is 2. The normalized spacial score (nSPS) is 15.8. The Balaban J connectivity index is 1.88. The number of nitro benzene ring substituents is 1. The molecule has 30 heavy (non-hydrogen) atoms. The van der Waals surface area contributed by atoms with Crippen molar-refractivity contribution in [2.45, 2.75) is 13.0 Å². The Morgan fingerprint density at radius 2 is 2.00 bits per heavy atom. The highest BCUT2D eigenvalue weighted by Gasteiger charge is 2.35. The molecule has 1 atom stereocenters. The number of hydrogen-bond donors (Lipinski definition) is 2. The number of hydrogen-bond acceptors (Lipinski definition) is 8. The topological polar surface area (TPSA) is 150 Å². The second kappa shape index (κ2) is 8.90. The number of ether oxygens (including phenoxy) is 2. The largest absolute Gasteiger partial charge is 0.467 e. The molecule has 3 rings (SSSR count). The first-order valence-corrected chi connectivity index (χ1v) is 8.83. The Kier molecular flexibility index (Phi) is 6.11. The Bertz CT molecular complexity index is 1010. The van der Waals surface area contributed by atoms with Gasteiger partial charge in [-0.1, -0.05) is 6.07 Å². The summed E-state index contributed by atoms with van der Waals surface area (Å²) in [6.45, 7) is 1.24. The molecular formula is C19H17N3O8. The molecule has 1 aromatic carbocycles. The zero-order valence-corrected chi connectivity index (χ0v) is 15.7. The van der Waals surface area contributed by atoms with Gasteiger partial charge < -0.3 is 24.5 Å². The lowest BCUT2D eigenvalue weighted by atomic mass is 10.0. The number of non-ortho nitro benzene ring substituents is 1. The fraction of sp³-hybridized carbons (Fsp3) is 0.211. The third-order valence-corrected chi connectivity index (χ3v) is 4.12. The Labute approximate surface area is 169 Å². The van der Waals surface area contributed by atoms with Gasteiger partial charge in [-0.2, -0.15) is 0 Å². The zero-order chi connectivity index (χ0) is 21.7. The fourth-order valence-electron chi connectivity index (χ4n) is 2.82. The van der Waals surface area contributed by atoms with Crippen molar-refractivity contribution >= 4 is 23.7 Å². The molecule has 2 heterocycles. The van der Waals surface area contributed by atoms with Crippen molar-refractivity contribution in [1.82, 2.24) is 10.6 Å². The van der Waals surface area contributed by atoms with Crippen LogP contribution < -0.4 is 10.6 Å². The van der Waals surface area contributed by atoms with Crippen LogP contribution in [0.5, 0.6) is 0 Å². The zero-order valence-electron chi connectivity index (χ0n) is 15.7. The lowest BCUT2D eigenvalue weighted by molar-refractivity contribution is -0.384. The highest BCUT2D eigenvalue weighted by Crippen LogP contribution is 2.28. The van der Waals surface area contributed by atoms with E-state index in [1.807, 2.05) is 0 Å². The fourth-order valence-corrected chi connectivity index (χ4v) is 2.82. The molecule has 0 radical (unpaired) electrons. The molecule has 0 saturated heterocycles. The Morgan fingerprint density at radius 1 is 1.20 bits per heavy atom. The maximum Gasteiger partial charge on any atom is 0.338 e. The first-order chi connectivity index (χ1) is 14.4. The van der Waals surface area contributed by atoms with E-state index in [2.05, 4.69) is 10.6 Å². The molecule has 0 bridgehead atoms. The minimum Gasteiger partial charge on any atom is -0.467 e. The van der Waals surface area contributed by atoms with Gasteiger partial charge in [-0.15, -0.1) is 0 Å². The van der Waals surface area contributed by atoms with E-state index in [0.717, 1.165) is 6.07 Å². The summed E-state index contributed by atoms with van der Waals surface area (Å²) in [5.74, 6) is -1.31. The number of furan rings is 1. The predicted molar refractivity (Wildman–Crippen MR) is 100 cm³/mol. The molecule has 2 amide bonds. The predicted octanol–water partition coefficient (Wildman–Crippen LogP) is 2.22. The van der Waals surface area contributed by atoms with Gasteiger partial charge in [0.25, 0.3) is 5.69 Å². The van der Waals surface area contributed by atoms with Gasteiger partial charge in [0.05, 0.1) is 34.6 Å². The quantitative estimate of drug-likeness (QED) is 0.397. The van der Waals surface area contributed by atoms with Gasteiger partial charge in [0.1, 0.15) is 18.4 Å². The molecule has 0 spiro atoms. The van der Waals surface area contributed by atoms with Crippen LogP contribution in [0.3, 0.4) is 0 Å². The van der Waals surface area contributed by atoms with E-state index in [-0.39, 0.29) is 34.9 Å². The SMILES string of the molecule is CCOC(=O)C1=C(COC(=O)c2cccc([N+](=O)[O-])c2)NC(=O)NC1c1ccco1. The van der Waals surface area contributed by atoms with Crippen molar-refractivity contribution in [3.63, 3.8) is 0 Å². The standard InChI is InChI=1S/C19H17N3O8/c1-2-28-18(24)15-13(20-19(25)21-16(15)14-7-4-8-29-14)10-30-17(23)11-5-3-6-12(9-11)22(26)27/h3-9,16H,2,10H2,1H3,(H2,20,21,25). The second-order valence-corrected chi connectivity index (χ2v) is 6.04. The lowest BCUT2D eigenvalue weighted by Gasteiger charge is -2.27. The summed E-state index contributed by atoms with van der Waals surface area (Å²) < 4.78 is 15.5. The van der Waals surface area contributed by atoms with Gasteiger partial charge in [-0.25, -0.2) is 14.4 Å². The van der Waals surface area contributed by atoms with E-state index in [1.54, 1.807) is 19.1 Å². The first kappa shape index (κ1) is 20.6. The number of amides is 2. The van der Waals surface area contributed by atoms with E-state index < -0.39 is 35.5 Å². The Hall–Kier alpha value is -4.15. The van der Waals surface area contributed by atoms with Gasteiger partial charge in [-0.05, 0) is 25.1 Å². The van der Waals surface area contributed by atoms with E-state index >= 15 is 0 Å². The summed E-state index contributed by atoms with van der Waals surface area (Å²) in [6.07, 6.45) is 1.38. The number of nitrogens with zero attached hydrogens (tertiary/aromatic N) is 1. The number of nitrogens with one attached hydrogen (secondary N) is 2.